The molecule has 5 nitrogen and oxygen atoms in total. The van der Waals surface area contributed by atoms with Crippen LogP contribution >= 0.6 is 0 Å². The molecule has 1 aliphatic heterocycles. The third-order valence-electron chi connectivity index (χ3n) is 3.68. The van der Waals surface area contributed by atoms with Crippen LogP contribution in [0.5, 0.6) is 0 Å². The summed E-state index contributed by atoms with van der Waals surface area (Å²) < 4.78 is 0. The second kappa shape index (κ2) is 5.46. The normalized spacial score (nSPS) is 20.9. The highest BCUT2D eigenvalue weighted by Crippen LogP contribution is 2.27. The average molecular weight is 248 g/mol. The Morgan fingerprint density at radius 1 is 1.50 bits per heavy atom. The molecule has 1 aromatic heterocycles. The van der Waals surface area contributed by atoms with E-state index in [9.17, 15) is 4.79 Å². The Kier molecular flexibility index (Phi) is 3.93. The van der Waals surface area contributed by atoms with Gasteiger partial charge in [0.05, 0.1) is 0 Å². The second-order valence-electron chi connectivity index (χ2n) is 4.77. The minimum absolute atomic E-state index is 0.322. The predicted molar refractivity (Wildman–Crippen MR) is 69.8 cm³/mol. The quantitative estimate of drug-likeness (QED) is 0.794. The monoisotopic (exact) mass is 248 g/mol. The van der Waals surface area contributed by atoms with Gasteiger partial charge < -0.3 is 11.1 Å². The number of amides is 1. The van der Waals surface area contributed by atoms with Gasteiger partial charge in [-0.25, -0.2) is 0 Å². The van der Waals surface area contributed by atoms with Crippen molar-refractivity contribution in [3.8, 4) is 0 Å². The number of nitrogens with two attached hydrogens (primary N) is 1. The maximum absolute atomic E-state index is 12.0. The number of carbonyl (C=O) groups is 1. The van der Waals surface area contributed by atoms with Crippen LogP contribution in [0.4, 0.5) is 0 Å². The third-order valence-corrected chi connectivity index (χ3v) is 3.68. The zero-order chi connectivity index (χ0) is 13.0. The molecule has 0 radical (unpaired) electrons. The van der Waals surface area contributed by atoms with Crippen LogP contribution in [0.3, 0.4) is 0 Å². The molecule has 0 aliphatic carbocycles. The minimum atomic E-state index is -0.777. The van der Waals surface area contributed by atoms with Crippen LogP contribution in [0.15, 0.2) is 24.5 Å². The van der Waals surface area contributed by atoms with Gasteiger partial charge in [-0.2, -0.15) is 0 Å². The SMILES string of the molecule is CC(C(N)=O)(c1cccnc1)N1CCCNCC1. The number of hydrogen-bond donors (Lipinski definition) is 2. The molecule has 98 valence electrons. The summed E-state index contributed by atoms with van der Waals surface area (Å²) in [5.41, 5.74) is 5.74. The average Bonchev–Trinajstić information content (AvgIpc) is 2.67. The number of carbonyl (C=O) groups excluding carboxylic acids is 1. The molecule has 0 bridgehead atoms. The molecule has 1 saturated heterocycles. The molecule has 0 aromatic carbocycles. The first-order chi connectivity index (χ1) is 8.65. The van der Waals surface area contributed by atoms with Crippen molar-refractivity contribution in [1.29, 1.82) is 0 Å². The van der Waals surface area contributed by atoms with Gasteiger partial charge in [-0.05, 0) is 31.5 Å². The van der Waals surface area contributed by atoms with Crippen LogP contribution in [-0.4, -0.2) is 42.0 Å². The number of nitrogens with zero attached hydrogens (tertiary/aromatic N) is 2. The van der Waals surface area contributed by atoms with Gasteiger partial charge in [0, 0.05) is 32.0 Å². The summed E-state index contributed by atoms with van der Waals surface area (Å²) in [5.74, 6) is -0.322. The molecule has 2 rings (SSSR count). The van der Waals surface area contributed by atoms with Crippen LogP contribution < -0.4 is 11.1 Å². The topological polar surface area (TPSA) is 71.2 Å². The van der Waals surface area contributed by atoms with E-state index in [0.717, 1.165) is 38.2 Å². The molecule has 1 atom stereocenters. The molecule has 1 aliphatic rings. The minimum Gasteiger partial charge on any atom is -0.368 e. The van der Waals surface area contributed by atoms with Gasteiger partial charge in [0.25, 0.3) is 0 Å². The van der Waals surface area contributed by atoms with E-state index >= 15 is 0 Å². The Labute approximate surface area is 107 Å². The van der Waals surface area contributed by atoms with Crippen LogP contribution in [-0.2, 0) is 10.3 Å². The van der Waals surface area contributed by atoms with Gasteiger partial charge in [0.2, 0.25) is 5.91 Å². The Morgan fingerprint density at radius 3 is 3.00 bits per heavy atom. The van der Waals surface area contributed by atoms with E-state index < -0.39 is 5.54 Å². The number of nitrogens with one attached hydrogen (secondary N) is 1. The first kappa shape index (κ1) is 13.0. The van der Waals surface area contributed by atoms with Crippen molar-refractivity contribution in [2.24, 2.45) is 5.73 Å². The van der Waals surface area contributed by atoms with Gasteiger partial charge in [-0.15, -0.1) is 0 Å². The summed E-state index contributed by atoms with van der Waals surface area (Å²) in [5, 5.41) is 3.33. The van der Waals surface area contributed by atoms with E-state index in [1.807, 2.05) is 19.1 Å². The first-order valence-electron chi connectivity index (χ1n) is 6.32. The largest absolute Gasteiger partial charge is 0.368 e. The van der Waals surface area contributed by atoms with E-state index in [1.165, 1.54) is 0 Å². The van der Waals surface area contributed by atoms with Gasteiger partial charge in [0.1, 0.15) is 5.54 Å². The molecular formula is C13H20N4O. The van der Waals surface area contributed by atoms with E-state index in [1.54, 1.807) is 12.4 Å². The van der Waals surface area contributed by atoms with Crippen molar-refractivity contribution >= 4 is 5.91 Å². The third kappa shape index (κ3) is 2.37. The fourth-order valence-corrected chi connectivity index (χ4v) is 2.42. The van der Waals surface area contributed by atoms with Gasteiger partial charge >= 0.3 is 0 Å². The lowest BCUT2D eigenvalue weighted by atomic mass is 9.90. The maximum Gasteiger partial charge on any atom is 0.242 e. The lowest BCUT2D eigenvalue weighted by Crippen LogP contribution is -2.54. The Hall–Kier alpha value is -1.46. The van der Waals surface area contributed by atoms with E-state index in [-0.39, 0.29) is 5.91 Å². The first-order valence-corrected chi connectivity index (χ1v) is 6.32. The molecule has 1 aromatic rings. The number of hydrogen-bond acceptors (Lipinski definition) is 4. The van der Waals surface area contributed by atoms with Crippen LogP contribution in [0.1, 0.15) is 18.9 Å². The van der Waals surface area contributed by atoms with Crippen molar-refractivity contribution in [3.05, 3.63) is 30.1 Å². The second-order valence-corrected chi connectivity index (χ2v) is 4.77. The van der Waals surface area contributed by atoms with Crippen molar-refractivity contribution in [1.82, 2.24) is 15.2 Å². The highest BCUT2D eigenvalue weighted by Gasteiger charge is 2.39. The molecule has 0 spiro atoms. The molecule has 1 fully saturated rings. The zero-order valence-corrected chi connectivity index (χ0v) is 10.7. The molecule has 3 N–H and O–H groups in total. The summed E-state index contributed by atoms with van der Waals surface area (Å²) in [6, 6.07) is 3.75. The maximum atomic E-state index is 12.0. The fourth-order valence-electron chi connectivity index (χ4n) is 2.42. The van der Waals surface area contributed by atoms with E-state index in [4.69, 9.17) is 5.73 Å². The van der Waals surface area contributed by atoms with Crippen LogP contribution in [0, 0.1) is 0 Å². The molecule has 5 heteroatoms. The Morgan fingerprint density at radius 2 is 2.33 bits per heavy atom. The highest BCUT2D eigenvalue weighted by molar-refractivity contribution is 5.85. The number of rotatable bonds is 3. The highest BCUT2D eigenvalue weighted by atomic mass is 16.1. The van der Waals surface area contributed by atoms with E-state index in [2.05, 4.69) is 15.2 Å². The van der Waals surface area contributed by atoms with Crippen molar-refractivity contribution in [2.75, 3.05) is 26.2 Å². The summed E-state index contributed by atoms with van der Waals surface area (Å²) >= 11 is 0. The van der Waals surface area contributed by atoms with Gasteiger partial charge in [-0.1, -0.05) is 6.07 Å². The Balaban J connectivity index is 2.34. The predicted octanol–water partition coefficient (Wildman–Crippen LogP) is 0.0774. The number of primary amides is 1. The molecule has 2 heterocycles. The van der Waals surface area contributed by atoms with Gasteiger partial charge in [-0.3, -0.25) is 14.7 Å². The van der Waals surface area contributed by atoms with Crippen molar-refractivity contribution in [2.45, 2.75) is 18.9 Å². The summed E-state index contributed by atoms with van der Waals surface area (Å²) in [6.45, 7) is 5.43. The fraction of sp³-hybridized carbons (Fsp3) is 0.538. The van der Waals surface area contributed by atoms with Crippen LogP contribution in [0.2, 0.25) is 0 Å². The molecule has 0 saturated carbocycles. The summed E-state index contributed by atoms with van der Waals surface area (Å²) in [4.78, 5) is 18.2. The van der Waals surface area contributed by atoms with E-state index in [0.29, 0.717) is 0 Å². The molecule has 1 amide bonds. The van der Waals surface area contributed by atoms with Crippen LogP contribution in [0.25, 0.3) is 0 Å². The smallest absolute Gasteiger partial charge is 0.242 e. The number of pyridine rings is 1. The standard InChI is InChI=1S/C13H20N4O/c1-13(12(14)18,11-4-2-5-16-10-11)17-8-3-6-15-7-9-17/h2,4-5,10,15H,3,6-9H2,1H3,(H2,14,18). The lowest BCUT2D eigenvalue weighted by molar-refractivity contribution is -0.130. The summed E-state index contributed by atoms with van der Waals surface area (Å²) in [7, 11) is 0. The lowest BCUT2D eigenvalue weighted by Gasteiger charge is -2.38. The molecular weight excluding hydrogens is 228 g/mol. The van der Waals surface area contributed by atoms with Gasteiger partial charge in [0.15, 0.2) is 0 Å². The zero-order valence-electron chi connectivity index (χ0n) is 10.7. The number of aromatic nitrogens is 1. The van der Waals surface area contributed by atoms with Crippen molar-refractivity contribution < 1.29 is 4.79 Å². The van der Waals surface area contributed by atoms with Crippen molar-refractivity contribution in [3.63, 3.8) is 0 Å². The molecule has 1 unspecified atom stereocenters. The Bertz CT molecular complexity index is 401. The molecule has 18 heavy (non-hydrogen) atoms. The summed E-state index contributed by atoms with van der Waals surface area (Å²) in [6.07, 6.45) is 4.45.